The molecule has 0 saturated heterocycles. The number of rotatable bonds is 4. The van der Waals surface area contributed by atoms with E-state index in [1.54, 1.807) is 0 Å². The second-order valence-electron chi connectivity index (χ2n) is 7.68. The zero-order valence-electron chi connectivity index (χ0n) is 9.11. The molecule has 1 nitrogen and oxygen atoms in total. The van der Waals surface area contributed by atoms with E-state index in [1.807, 2.05) is 0 Å². The molecule has 2 heteroatoms. The topological polar surface area (TPSA) is 26.0 Å². The van der Waals surface area contributed by atoms with Crippen molar-refractivity contribution < 1.29 is 12.7 Å². The van der Waals surface area contributed by atoms with Gasteiger partial charge in [0.05, 0.1) is 0 Å². The third kappa shape index (κ3) is 1.84. The average molecular weight is 213 g/mol. The predicted molar refractivity (Wildman–Crippen MR) is 52.0 cm³/mol. The zero-order valence-corrected chi connectivity index (χ0v) is 12.1. The molecule has 0 aliphatic rings. The van der Waals surface area contributed by atoms with E-state index in [0.29, 0.717) is 0 Å². The molecule has 0 spiro atoms. The van der Waals surface area contributed by atoms with Crippen LogP contribution in [0.4, 0.5) is 0 Å². The standard InChI is InChI=1S/4C2H5.CH3.H2N.Zn/c4*1-2;;;/h4*1H2,2H3;1H3;1H2;/q;;;;;-1;+1. The molecule has 0 rings (SSSR count). The normalized spacial score (nSPS) is 15.8. The summed E-state index contributed by atoms with van der Waals surface area (Å²) in [4.78, 5) is 0. The van der Waals surface area contributed by atoms with E-state index in [4.69, 9.17) is 4.48 Å². The fraction of sp³-hybridized carbons (Fsp3) is 1.00. The van der Waals surface area contributed by atoms with E-state index in [0.717, 1.165) is 0 Å². The molecular weight excluding hydrogens is 187 g/mol. The molecule has 0 aliphatic carbocycles. The fourth-order valence-corrected chi connectivity index (χ4v) is 11.0. The Balaban J connectivity index is 5.04. The molecule has 0 aromatic heterocycles. The van der Waals surface area contributed by atoms with Crippen LogP contribution in [0.2, 0.25) is 25.6 Å². The maximum absolute atomic E-state index is 6.77. The van der Waals surface area contributed by atoms with Crippen LogP contribution in [0.25, 0.3) is 0 Å². The fourth-order valence-electron chi connectivity index (χ4n) is 2.12. The second-order valence-corrected chi connectivity index (χ2v) is 39.9. The van der Waals surface area contributed by atoms with Gasteiger partial charge in [-0.1, -0.05) is 0 Å². The van der Waals surface area contributed by atoms with Gasteiger partial charge in [-0.15, -0.1) is 0 Å². The van der Waals surface area contributed by atoms with Crippen molar-refractivity contribution in [2.75, 3.05) is 0 Å². The van der Waals surface area contributed by atoms with Crippen LogP contribution in [-0.2, 0) is 12.7 Å². The second kappa shape index (κ2) is 2.53. The van der Waals surface area contributed by atoms with Crippen LogP contribution in [0.3, 0.4) is 0 Å². The van der Waals surface area contributed by atoms with E-state index in [-0.39, 0.29) is 0 Å². The summed E-state index contributed by atoms with van der Waals surface area (Å²) in [7, 11) is 0. The van der Waals surface area contributed by atoms with Crippen LogP contribution >= 0.6 is 0 Å². The van der Waals surface area contributed by atoms with Crippen LogP contribution in [0, 0.1) is 0 Å². The first-order valence-corrected chi connectivity index (χ1v) is 19.0. The number of nitrogens with two attached hydrogens (primary N) is 1. The Morgan fingerprint density at radius 1 is 0.818 bits per heavy atom. The summed E-state index contributed by atoms with van der Waals surface area (Å²) in [6.45, 7) is 9.15. The van der Waals surface area contributed by atoms with Gasteiger partial charge in [0.15, 0.2) is 0 Å². The van der Waals surface area contributed by atoms with E-state index in [1.165, 1.54) is 20.1 Å². The monoisotopic (exact) mass is 211 g/mol. The molecule has 0 aromatic carbocycles. The summed E-state index contributed by atoms with van der Waals surface area (Å²) in [5.41, 5.74) is 2.44. The number of hydrogen-bond donors (Lipinski definition) is 1. The molecule has 0 bridgehead atoms. The molecule has 2 N–H and O–H groups in total. The van der Waals surface area contributed by atoms with Crippen molar-refractivity contribution in [3.8, 4) is 0 Å². The summed E-state index contributed by atoms with van der Waals surface area (Å²) < 4.78 is 6.77. The molecular formula is C9H25NZn. The van der Waals surface area contributed by atoms with Gasteiger partial charge in [0.2, 0.25) is 0 Å². The summed E-state index contributed by atoms with van der Waals surface area (Å²) in [6, 6.07) is 0. The van der Waals surface area contributed by atoms with Gasteiger partial charge in [0, 0.05) is 0 Å². The zero-order chi connectivity index (χ0) is 9.24. The van der Waals surface area contributed by atoms with Crippen molar-refractivity contribution in [3.63, 3.8) is 0 Å². The van der Waals surface area contributed by atoms with Gasteiger partial charge in [0.1, 0.15) is 0 Å². The molecule has 0 heterocycles. The summed E-state index contributed by atoms with van der Waals surface area (Å²) in [5.74, 6) is 0. The van der Waals surface area contributed by atoms with Crippen LogP contribution in [0.1, 0.15) is 27.7 Å². The molecule has 0 aromatic rings. The predicted octanol–water partition coefficient (Wildman–Crippen LogP) is 3.89. The van der Waals surface area contributed by atoms with Crippen LogP contribution in [-0.4, -0.2) is 0 Å². The molecule has 0 fully saturated rings. The Morgan fingerprint density at radius 3 is 1.00 bits per heavy atom. The van der Waals surface area contributed by atoms with Gasteiger partial charge in [-0.25, -0.2) is 0 Å². The van der Waals surface area contributed by atoms with E-state index < -0.39 is 12.7 Å². The average Bonchev–Trinajstić information content (AvgIpc) is 2.07. The molecule has 0 unspecified atom stereocenters. The van der Waals surface area contributed by atoms with Crippen molar-refractivity contribution in [1.29, 1.82) is 0 Å². The van der Waals surface area contributed by atoms with Crippen molar-refractivity contribution in [3.05, 3.63) is 0 Å². The summed E-state index contributed by atoms with van der Waals surface area (Å²) in [5, 5.41) is 5.04. The van der Waals surface area contributed by atoms with Gasteiger partial charge in [0.25, 0.3) is 0 Å². The molecule has 0 saturated carbocycles. The van der Waals surface area contributed by atoms with Crippen LogP contribution in [0.15, 0.2) is 0 Å². The van der Waals surface area contributed by atoms with Crippen molar-refractivity contribution in [2.24, 2.45) is 4.48 Å². The minimum absolute atomic E-state index is 1.26. The summed E-state index contributed by atoms with van der Waals surface area (Å²) in [6.07, 6.45) is 0. The maximum atomic E-state index is 6.77. The first-order valence-electron chi connectivity index (χ1n) is 5.94. The molecule has 0 amide bonds. The third-order valence-electron chi connectivity index (χ3n) is 7.40. The summed E-state index contributed by atoms with van der Waals surface area (Å²) >= 11 is -3.15. The Kier molecular flexibility index (Phi) is 2.67. The minimum atomic E-state index is -3.15. The molecule has 0 atom stereocenters. The van der Waals surface area contributed by atoms with Crippen LogP contribution in [0.5, 0.6) is 0 Å². The SMILES string of the molecule is C[CH2][Zn]([CH3])([NH2])([CH2]C)([CH2]C)[CH2]C. The van der Waals surface area contributed by atoms with Crippen molar-refractivity contribution in [1.82, 2.24) is 0 Å². The molecule has 11 heavy (non-hydrogen) atoms. The van der Waals surface area contributed by atoms with Gasteiger partial charge >= 0.3 is 70.4 Å². The van der Waals surface area contributed by atoms with Gasteiger partial charge < -0.3 is 0 Å². The Morgan fingerprint density at radius 2 is 1.00 bits per heavy atom. The molecule has 68 valence electrons. The van der Waals surface area contributed by atoms with E-state index in [9.17, 15) is 0 Å². The van der Waals surface area contributed by atoms with E-state index >= 15 is 0 Å². The van der Waals surface area contributed by atoms with Crippen molar-refractivity contribution in [2.45, 2.75) is 53.3 Å². The first-order chi connectivity index (χ1) is 4.80. The molecule has 0 aliphatic heterocycles. The Bertz CT molecular complexity index is 123. The number of hydrogen-bond acceptors (Lipinski definition) is 1. The van der Waals surface area contributed by atoms with E-state index in [2.05, 4.69) is 33.2 Å². The quantitative estimate of drug-likeness (QED) is 0.703. The third-order valence-corrected chi connectivity index (χ3v) is 38.4. The molecule has 0 radical (unpaired) electrons. The first kappa shape index (κ1) is 11.6. The van der Waals surface area contributed by atoms with Gasteiger partial charge in [-0.3, -0.25) is 0 Å². The van der Waals surface area contributed by atoms with Crippen LogP contribution < -0.4 is 4.48 Å². The van der Waals surface area contributed by atoms with Gasteiger partial charge in [-0.05, 0) is 0 Å². The Labute approximate surface area is 70.7 Å². The Hall–Kier alpha value is 0.583. The van der Waals surface area contributed by atoms with Gasteiger partial charge in [-0.2, -0.15) is 0 Å². The van der Waals surface area contributed by atoms with Crippen molar-refractivity contribution >= 4 is 0 Å².